The van der Waals surface area contributed by atoms with Gasteiger partial charge in [-0.1, -0.05) is 17.7 Å². The Kier molecular flexibility index (Phi) is 10.5. The Labute approximate surface area is 223 Å². The van der Waals surface area contributed by atoms with Gasteiger partial charge in [-0.15, -0.1) is 0 Å². The Morgan fingerprint density at radius 1 is 1.13 bits per heavy atom. The number of pyridine rings is 1. The first-order chi connectivity index (χ1) is 17.6. The molecule has 1 aromatic heterocycles. The number of hydrogen-bond donors (Lipinski definition) is 1. The van der Waals surface area contributed by atoms with Gasteiger partial charge in [0.2, 0.25) is 0 Å². The van der Waals surface area contributed by atoms with E-state index in [1.54, 1.807) is 27.7 Å². The number of methoxy groups -OCH3 is 1. The van der Waals surface area contributed by atoms with Crippen LogP contribution in [0.3, 0.4) is 0 Å². The highest BCUT2D eigenvalue weighted by molar-refractivity contribution is 6.31. The Balaban J connectivity index is 2.77. The zero-order chi connectivity index (χ0) is 28.8. The van der Waals surface area contributed by atoms with E-state index in [0.717, 1.165) is 16.8 Å². The van der Waals surface area contributed by atoms with Gasteiger partial charge in [0.05, 0.1) is 12.2 Å². The highest BCUT2D eigenvalue weighted by atomic mass is 35.5. The van der Waals surface area contributed by atoms with Gasteiger partial charge in [-0.25, -0.2) is 9.59 Å². The second-order valence-corrected chi connectivity index (χ2v) is 9.90. The van der Waals surface area contributed by atoms with E-state index >= 15 is 0 Å². The smallest absolute Gasteiger partial charge is 0.414 e. The quantitative estimate of drug-likeness (QED) is 0.418. The van der Waals surface area contributed by atoms with Crippen LogP contribution in [0.15, 0.2) is 35.3 Å². The number of aliphatic hydroxyl groups is 1. The van der Waals surface area contributed by atoms with Crippen molar-refractivity contribution in [2.75, 3.05) is 20.3 Å². The van der Waals surface area contributed by atoms with Crippen LogP contribution in [0.5, 0.6) is 0 Å². The van der Waals surface area contributed by atoms with E-state index in [2.05, 4.69) is 0 Å². The number of benzene rings is 1. The predicted octanol–water partition coefficient (Wildman–Crippen LogP) is 4.73. The van der Waals surface area contributed by atoms with Gasteiger partial charge in [0.15, 0.2) is 6.10 Å². The van der Waals surface area contributed by atoms with Crippen molar-refractivity contribution in [3.63, 3.8) is 0 Å². The van der Waals surface area contributed by atoms with Crippen LogP contribution in [-0.4, -0.2) is 59.8 Å². The molecule has 2 unspecified atom stereocenters. The minimum absolute atomic E-state index is 0.00926. The van der Waals surface area contributed by atoms with Gasteiger partial charge in [-0.3, -0.25) is 4.79 Å². The number of rotatable bonds is 10. The van der Waals surface area contributed by atoms with E-state index in [9.17, 15) is 32.7 Å². The molecular formula is C26H31ClF3NO7. The molecule has 38 heavy (non-hydrogen) atoms. The number of esters is 2. The van der Waals surface area contributed by atoms with Crippen molar-refractivity contribution in [2.24, 2.45) is 0 Å². The first-order valence-electron chi connectivity index (χ1n) is 11.8. The summed E-state index contributed by atoms with van der Waals surface area (Å²) >= 11 is 6.11. The molecule has 12 heteroatoms. The van der Waals surface area contributed by atoms with Crippen LogP contribution in [0.25, 0.3) is 11.1 Å². The number of carbonyl (C=O) groups excluding carboxylic acids is 2. The standard InChI is InChI=1S/C26H31ClF3NO7/c1-6-37-23(34)19-14-31(20(9-10-36-5)24(35)38-25(2,3)4)22(33)13-18(19)17-12-16(27)8-7-15(17)11-21(32)26(28,29)30/h7-8,12-14,20-21,32H,6,9-11H2,1-5H3. The lowest BCUT2D eigenvalue weighted by Crippen LogP contribution is -2.36. The summed E-state index contributed by atoms with van der Waals surface area (Å²) in [6.07, 6.45) is -7.29. The van der Waals surface area contributed by atoms with Crippen molar-refractivity contribution in [2.45, 2.75) is 64.5 Å². The number of nitrogens with zero attached hydrogens (tertiary/aromatic N) is 1. The Hall–Kier alpha value is -2.89. The minimum Gasteiger partial charge on any atom is -0.462 e. The summed E-state index contributed by atoms with van der Waals surface area (Å²) in [5, 5.41) is 9.79. The summed E-state index contributed by atoms with van der Waals surface area (Å²) in [6, 6.07) is 3.74. The zero-order valence-corrected chi connectivity index (χ0v) is 22.5. The fourth-order valence-electron chi connectivity index (χ4n) is 3.66. The van der Waals surface area contributed by atoms with Gasteiger partial charge in [-0.05, 0) is 51.0 Å². The van der Waals surface area contributed by atoms with Crippen molar-refractivity contribution in [1.82, 2.24) is 4.57 Å². The molecular weight excluding hydrogens is 531 g/mol. The fourth-order valence-corrected chi connectivity index (χ4v) is 3.83. The third-order valence-electron chi connectivity index (χ3n) is 5.34. The average molecular weight is 562 g/mol. The highest BCUT2D eigenvalue weighted by Crippen LogP contribution is 2.33. The molecule has 2 atom stereocenters. The SMILES string of the molecule is CCOC(=O)c1cn(C(CCOC)C(=O)OC(C)(C)C)c(=O)cc1-c1cc(Cl)ccc1CC(O)C(F)(F)F. The highest BCUT2D eigenvalue weighted by Gasteiger charge is 2.38. The Morgan fingerprint density at radius 3 is 2.34 bits per heavy atom. The number of alkyl halides is 3. The second kappa shape index (κ2) is 12.8. The third kappa shape index (κ3) is 8.31. The van der Waals surface area contributed by atoms with Gasteiger partial charge in [-0.2, -0.15) is 13.2 Å². The molecule has 8 nitrogen and oxygen atoms in total. The summed E-state index contributed by atoms with van der Waals surface area (Å²) < 4.78 is 56.0. The molecule has 0 spiro atoms. The van der Waals surface area contributed by atoms with Gasteiger partial charge >= 0.3 is 18.1 Å². The molecule has 0 aliphatic heterocycles. The van der Waals surface area contributed by atoms with Gasteiger partial charge < -0.3 is 23.9 Å². The summed E-state index contributed by atoms with van der Waals surface area (Å²) in [5.41, 5.74) is -1.84. The maximum Gasteiger partial charge on any atom is 0.414 e. The van der Waals surface area contributed by atoms with Gasteiger partial charge in [0.25, 0.3) is 5.56 Å². The number of carbonyl (C=O) groups is 2. The van der Waals surface area contributed by atoms with Crippen LogP contribution in [-0.2, 0) is 25.4 Å². The van der Waals surface area contributed by atoms with Crippen molar-refractivity contribution in [1.29, 1.82) is 0 Å². The van der Waals surface area contributed by atoms with Crippen LogP contribution in [0.2, 0.25) is 5.02 Å². The molecule has 1 N–H and O–H groups in total. The molecule has 1 aromatic carbocycles. The van der Waals surface area contributed by atoms with Crippen LogP contribution >= 0.6 is 11.6 Å². The summed E-state index contributed by atoms with van der Waals surface area (Å²) in [5.74, 6) is -1.62. The average Bonchev–Trinajstić information content (AvgIpc) is 2.79. The number of aromatic nitrogens is 1. The van der Waals surface area contributed by atoms with Gasteiger partial charge in [0.1, 0.15) is 11.6 Å². The van der Waals surface area contributed by atoms with E-state index in [1.165, 1.54) is 25.3 Å². The van der Waals surface area contributed by atoms with Crippen LogP contribution < -0.4 is 5.56 Å². The second-order valence-electron chi connectivity index (χ2n) is 9.46. The van der Waals surface area contributed by atoms with E-state index in [-0.39, 0.29) is 46.9 Å². The lowest BCUT2D eigenvalue weighted by atomic mass is 9.93. The van der Waals surface area contributed by atoms with E-state index in [0.29, 0.717) is 0 Å². The Bertz CT molecular complexity index is 1200. The summed E-state index contributed by atoms with van der Waals surface area (Å²) in [6.45, 7) is 6.57. The number of halogens is 4. The number of aliphatic hydroxyl groups excluding tert-OH is 1. The summed E-state index contributed by atoms with van der Waals surface area (Å²) in [4.78, 5) is 39.3. The number of ether oxygens (including phenoxy) is 3. The topological polar surface area (TPSA) is 104 Å². The van der Waals surface area contributed by atoms with E-state index in [1.807, 2.05) is 0 Å². The molecule has 0 saturated heterocycles. The molecule has 0 aliphatic rings. The third-order valence-corrected chi connectivity index (χ3v) is 5.57. The number of hydrogen-bond acceptors (Lipinski definition) is 7. The maximum atomic E-state index is 13.3. The van der Waals surface area contributed by atoms with E-state index < -0.39 is 47.8 Å². The maximum absolute atomic E-state index is 13.3. The van der Waals surface area contributed by atoms with Gasteiger partial charge in [0, 0.05) is 49.4 Å². The van der Waals surface area contributed by atoms with Crippen molar-refractivity contribution >= 4 is 23.5 Å². The van der Waals surface area contributed by atoms with Crippen LogP contribution in [0.4, 0.5) is 13.2 Å². The van der Waals surface area contributed by atoms with Crippen LogP contribution in [0, 0.1) is 0 Å². The fraction of sp³-hybridized carbons (Fsp3) is 0.500. The largest absolute Gasteiger partial charge is 0.462 e. The molecule has 0 fully saturated rings. The van der Waals surface area contributed by atoms with E-state index in [4.69, 9.17) is 25.8 Å². The molecule has 0 saturated carbocycles. The molecule has 0 bridgehead atoms. The van der Waals surface area contributed by atoms with Crippen molar-refractivity contribution < 1.29 is 42.1 Å². The lowest BCUT2D eigenvalue weighted by Gasteiger charge is -2.26. The first kappa shape index (κ1) is 31.3. The molecule has 210 valence electrons. The molecule has 1 heterocycles. The Morgan fingerprint density at radius 2 is 1.79 bits per heavy atom. The normalized spacial score (nSPS) is 13.6. The minimum atomic E-state index is -4.90. The molecule has 0 radical (unpaired) electrons. The molecule has 0 aliphatic carbocycles. The lowest BCUT2D eigenvalue weighted by molar-refractivity contribution is -0.203. The molecule has 2 aromatic rings. The van der Waals surface area contributed by atoms with Crippen LogP contribution in [0.1, 0.15) is 56.1 Å². The zero-order valence-electron chi connectivity index (χ0n) is 21.7. The summed E-state index contributed by atoms with van der Waals surface area (Å²) in [7, 11) is 1.41. The monoisotopic (exact) mass is 561 g/mol. The molecule has 0 amide bonds. The first-order valence-corrected chi connectivity index (χ1v) is 12.2. The van der Waals surface area contributed by atoms with Crippen molar-refractivity contribution in [3.05, 3.63) is 57.0 Å². The van der Waals surface area contributed by atoms with Crippen molar-refractivity contribution in [3.8, 4) is 11.1 Å². The molecule has 2 rings (SSSR count). The predicted molar refractivity (Wildman–Crippen MR) is 134 cm³/mol.